The number of hydrogen-bond acceptors (Lipinski definition) is 3. The Kier molecular flexibility index (Phi) is 9.99. The summed E-state index contributed by atoms with van der Waals surface area (Å²) in [6.45, 7) is 4.19. The number of carbonyl (C=O) groups excluding carboxylic acids is 1. The van der Waals surface area contributed by atoms with Gasteiger partial charge >= 0.3 is 5.97 Å². The van der Waals surface area contributed by atoms with Gasteiger partial charge in [-0.3, -0.25) is 4.79 Å². The molecule has 0 radical (unpaired) electrons. The zero-order valence-corrected chi connectivity index (χ0v) is 13.7. The number of esters is 1. The highest BCUT2D eigenvalue weighted by molar-refractivity contribution is 5.65. The van der Waals surface area contributed by atoms with E-state index in [-0.39, 0.29) is 12.1 Å². The van der Waals surface area contributed by atoms with Gasteiger partial charge in [-0.25, -0.2) is 0 Å². The summed E-state index contributed by atoms with van der Waals surface area (Å²) in [4.78, 5) is 10.6. The molecular formula is C18H30O3. The Hall–Kier alpha value is -1.01. The first-order chi connectivity index (χ1) is 10.2. The summed E-state index contributed by atoms with van der Waals surface area (Å²) in [6, 6.07) is 0. The van der Waals surface area contributed by atoms with Crippen molar-refractivity contribution < 1.29 is 14.3 Å². The van der Waals surface area contributed by atoms with Crippen LogP contribution in [-0.2, 0) is 14.3 Å². The maximum absolute atomic E-state index is 10.6. The number of epoxide rings is 1. The summed E-state index contributed by atoms with van der Waals surface area (Å²) in [6.07, 6.45) is 12.6. The molecule has 0 amide bonds. The number of ether oxygens (including phenoxy) is 2. The molecule has 1 heterocycles. The largest absolute Gasteiger partial charge is 0.466 e. The summed E-state index contributed by atoms with van der Waals surface area (Å²) in [5.74, 6) is 6.25. The van der Waals surface area contributed by atoms with Crippen molar-refractivity contribution in [1.82, 2.24) is 0 Å². The molecule has 1 saturated heterocycles. The number of carbonyl (C=O) groups is 1. The molecule has 1 aliphatic rings. The minimum absolute atomic E-state index is 0.170. The fourth-order valence-corrected chi connectivity index (χ4v) is 2.34. The molecule has 0 N–H and O–H groups in total. The van der Waals surface area contributed by atoms with Crippen molar-refractivity contribution in [1.29, 1.82) is 0 Å². The summed E-state index contributed by atoms with van der Waals surface area (Å²) in [5.41, 5.74) is 0. The van der Waals surface area contributed by atoms with Gasteiger partial charge in [-0.05, 0) is 19.3 Å². The predicted molar refractivity (Wildman–Crippen MR) is 84.9 cm³/mol. The van der Waals surface area contributed by atoms with Crippen molar-refractivity contribution in [3.63, 3.8) is 0 Å². The van der Waals surface area contributed by atoms with Crippen LogP contribution in [0.5, 0.6) is 0 Å². The van der Waals surface area contributed by atoms with E-state index in [4.69, 9.17) is 9.47 Å². The Morgan fingerprint density at radius 1 is 1.05 bits per heavy atom. The average Bonchev–Trinajstić information content (AvgIpc) is 3.22. The molecule has 0 bridgehead atoms. The Morgan fingerprint density at radius 3 is 2.24 bits per heavy atom. The van der Waals surface area contributed by atoms with Gasteiger partial charge in [-0.2, -0.15) is 0 Å². The van der Waals surface area contributed by atoms with E-state index in [9.17, 15) is 4.79 Å². The van der Waals surface area contributed by atoms with E-state index >= 15 is 0 Å². The third-order valence-electron chi connectivity index (χ3n) is 3.73. The van der Waals surface area contributed by atoms with Gasteiger partial charge in [0.25, 0.3) is 0 Å². The highest BCUT2D eigenvalue weighted by Gasteiger charge is 2.34. The van der Waals surface area contributed by atoms with Gasteiger partial charge in [-0.1, -0.05) is 51.4 Å². The van der Waals surface area contributed by atoms with E-state index in [1.807, 2.05) is 0 Å². The molecule has 3 nitrogen and oxygen atoms in total. The van der Waals surface area contributed by atoms with E-state index in [1.165, 1.54) is 51.9 Å². The molecule has 21 heavy (non-hydrogen) atoms. The van der Waals surface area contributed by atoms with E-state index in [1.54, 1.807) is 0 Å². The van der Waals surface area contributed by atoms with Crippen molar-refractivity contribution in [3.05, 3.63) is 0 Å². The van der Waals surface area contributed by atoms with E-state index in [0.717, 1.165) is 19.3 Å². The highest BCUT2D eigenvalue weighted by atomic mass is 16.6. The minimum atomic E-state index is -0.170. The Balaban J connectivity index is 1.74. The van der Waals surface area contributed by atoms with Gasteiger partial charge in [0.1, 0.15) is 6.10 Å². The molecular weight excluding hydrogens is 264 g/mol. The van der Waals surface area contributed by atoms with Crippen LogP contribution in [0, 0.1) is 11.8 Å². The second-order valence-corrected chi connectivity index (χ2v) is 5.74. The topological polar surface area (TPSA) is 38.8 Å². The maximum Gasteiger partial charge on any atom is 0.302 e. The van der Waals surface area contributed by atoms with Crippen LogP contribution >= 0.6 is 0 Å². The van der Waals surface area contributed by atoms with Crippen LogP contribution in [0.1, 0.15) is 78.1 Å². The van der Waals surface area contributed by atoms with Crippen LogP contribution in [0.3, 0.4) is 0 Å². The first-order valence-corrected chi connectivity index (χ1v) is 8.51. The summed E-state index contributed by atoms with van der Waals surface area (Å²) < 4.78 is 10.3. The third kappa shape index (κ3) is 10.4. The van der Waals surface area contributed by atoms with Crippen LogP contribution in [0.4, 0.5) is 0 Å². The van der Waals surface area contributed by atoms with Crippen LogP contribution in [0.2, 0.25) is 0 Å². The number of rotatable bonds is 11. The minimum Gasteiger partial charge on any atom is -0.466 e. The van der Waals surface area contributed by atoms with Gasteiger partial charge < -0.3 is 9.47 Å². The Morgan fingerprint density at radius 2 is 1.67 bits per heavy atom. The monoisotopic (exact) mass is 294 g/mol. The van der Waals surface area contributed by atoms with Gasteiger partial charge in [-0.15, -0.1) is 5.92 Å². The van der Waals surface area contributed by atoms with Crippen molar-refractivity contribution in [3.8, 4) is 11.8 Å². The molecule has 0 aliphatic carbocycles. The maximum atomic E-state index is 10.6. The molecule has 0 spiro atoms. The SMILES string of the molecule is CC[C@@H]1O[C@@H]1C#CCCCCCCCCCCOC(C)=O. The lowest BCUT2D eigenvalue weighted by Gasteiger charge is -2.02. The molecule has 1 rings (SSSR count). The first kappa shape index (κ1) is 18.0. The van der Waals surface area contributed by atoms with E-state index in [0.29, 0.717) is 12.7 Å². The van der Waals surface area contributed by atoms with Crippen molar-refractivity contribution in [2.45, 2.75) is 90.3 Å². The van der Waals surface area contributed by atoms with E-state index < -0.39 is 0 Å². The normalized spacial score (nSPS) is 19.7. The van der Waals surface area contributed by atoms with E-state index in [2.05, 4.69) is 18.8 Å². The second kappa shape index (κ2) is 11.6. The van der Waals surface area contributed by atoms with Crippen molar-refractivity contribution in [2.24, 2.45) is 0 Å². The van der Waals surface area contributed by atoms with Gasteiger partial charge in [0.15, 0.2) is 0 Å². The van der Waals surface area contributed by atoms with Crippen LogP contribution < -0.4 is 0 Å². The molecule has 1 aliphatic heterocycles. The third-order valence-corrected chi connectivity index (χ3v) is 3.73. The molecule has 0 saturated carbocycles. The zero-order valence-electron chi connectivity index (χ0n) is 13.7. The van der Waals surface area contributed by atoms with Crippen molar-refractivity contribution in [2.75, 3.05) is 6.61 Å². The second-order valence-electron chi connectivity index (χ2n) is 5.74. The molecule has 1 fully saturated rings. The Bertz CT molecular complexity index is 340. The predicted octanol–water partition coefficient (Wildman–Crippen LogP) is 4.24. The lowest BCUT2D eigenvalue weighted by atomic mass is 10.1. The fraction of sp³-hybridized carbons (Fsp3) is 0.833. The smallest absolute Gasteiger partial charge is 0.302 e. The fourth-order valence-electron chi connectivity index (χ4n) is 2.34. The molecule has 0 unspecified atom stereocenters. The summed E-state index contributed by atoms with van der Waals surface area (Å²) in [5, 5.41) is 0. The molecule has 3 heteroatoms. The standard InChI is InChI=1S/C18H30O3/c1-3-17-18(21-17)14-12-10-8-6-4-5-7-9-11-13-15-20-16(2)19/h17-18H,3-11,13,15H2,1-2H3/t17-,18+/m0/s1. The van der Waals surface area contributed by atoms with Crippen molar-refractivity contribution >= 4 is 5.97 Å². The molecule has 0 aromatic rings. The van der Waals surface area contributed by atoms with Gasteiger partial charge in [0, 0.05) is 13.3 Å². The quantitative estimate of drug-likeness (QED) is 0.247. The van der Waals surface area contributed by atoms with Crippen LogP contribution in [-0.4, -0.2) is 24.8 Å². The molecule has 0 aromatic heterocycles. The molecule has 120 valence electrons. The zero-order chi connectivity index (χ0) is 15.3. The number of unbranched alkanes of at least 4 members (excludes halogenated alkanes) is 8. The average molecular weight is 294 g/mol. The highest BCUT2D eigenvalue weighted by Crippen LogP contribution is 2.23. The molecule has 2 atom stereocenters. The lowest BCUT2D eigenvalue weighted by Crippen LogP contribution is -2.00. The van der Waals surface area contributed by atoms with Crippen LogP contribution in [0.15, 0.2) is 0 Å². The summed E-state index contributed by atoms with van der Waals surface area (Å²) in [7, 11) is 0. The summed E-state index contributed by atoms with van der Waals surface area (Å²) >= 11 is 0. The van der Waals surface area contributed by atoms with Gasteiger partial charge in [0.05, 0.1) is 12.7 Å². The number of hydrogen-bond donors (Lipinski definition) is 0. The Labute approximate surface area is 129 Å². The first-order valence-electron chi connectivity index (χ1n) is 8.51. The van der Waals surface area contributed by atoms with Crippen LogP contribution in [0.25, 0.3) is 0 Å². The van der Waals surface area contributed by atoms with Gasteiger partial charge in [0.2, 0.25) is 0 Å². The lowest BCUT2D eigenvalue weighted by molar-refractivity contribution is -0.141. The molecule has 0 aromatic carbocycles.